The van der Waals surface area contributed by atoms with E-state index in [0.717, 1.165) is 44.1 Å². The molecule has 0 saturated carbocycles. The van der Waals surface area contributed by atoms with Crippen molar-refractivity contribution in [2.24, 2.45) is 0 Å². The summed E-state index contributed by atoms with van der Waals surface area (Å²) in [4.78, 5) is 14.5. The number of pyridine rings is 1. The summed E-state index contributed by atoms with van der Waals surface area (Å²) in [5, 5.41) is 8.05. The number of fused-ring (bicyclic) bond motifs is 7. The van der Waals surface area contributed by atoms with E-state index in [1.165, 1.54) is 0 Å². The lowest BCUT2D eigenvalue weighted by Gasteiger charge is -2.29. The van der Waals surface area contributed by atoms with Gasteiger partial charge in [0.25, 0.3) is 0 Å². The van der Waals surface area contributed by atoms with Gasteiger partial charge in [0.1, 0.15) is 17.8 Å². The molecule has 1 aliphatic heterocycles. The van der Waals surface area contributed by atoms with Crippen LogP contribution in [0.4, 0.5) is 0 Å². The van der Waals surface area contributed by atoms with Crippen LogP contribution in [-0.4, -0.2) is 38.8 Å². The van der Waals surface area contributed by atoms with Crippen LogP contribution in [-0.2, 0) is 0 Å². The summed E-state index contributed by atoms with van der Waals surface area (Å²) in [6.45, 7) is 0. The van der Waals surface area contributed by atoms with Crippen molar-refractivity contribution >= 4 is 27.3 Å². The van der Waals surface area contributed by atoms with Crippen LogP contribution in [0.1, 0.15) is 22.6 Å². The van der Waals surface area contributed by atoms with Crippen molar-refractivity contribution in [1.29, 1.82) is 0 Å². The predicted molar refractivity (Wildman–Crippen MR) is 156 cm³/mol. The van der Waals surface area contributed by atoms with Gasteiger partial charge in [0, 0.05) is 16.9 Å². The maximum absolute atomic E-state index is 6.46. The topological polar surface area (TPSA) is 83.7 Å². The van der Waals surface area contributed by atoms with Crippen molar-refractivity contribution in [1.82, 2.24) is 24.6 Å². The Morgan fingerprint density at radius 2 is 1.56 bits per heavy atom. The standard InChI is InChI=1S/C33H23N5O3/c1-39-25-15-13-21(17-27(25)40-2)28-29-22-9-5-3-7-19(22)12-16-26(29)41-33-30(28)32-36-31(37-38(32)18-34-33)24-14-11-20-8-4-6-10-23(20)35-24/h3-18,28H,1-2H3/t28-/m1/s1. The SMILES string of the molecule is COc1ccc([C@@H]2c3c(ccc4ccccc34)Oc3ncn4nc(-c5ccc6ccccc6n5)nc4c32)cc1OC. The van der Waals surface area contributed by atoms with Crippen molar-refractivity contribution in [3.05, 3.63) is 114 Å². The van der Waals surface area contributed by atoms with Gasteiger partial charge in [-0.3, -0.25) is 0 Å². The molecule has 0 bridgehead atoms. The summed E-state index contributed by atoms with van der Waals surface area (Å²) in [7, 11) is 3.28. The van der Waals surface area contributed by atoms with Crippen LogP contribution in [0.15, 0.2) is 97.3 Å². The van der Waals surface area contributed by atoms with Crippen LogP contribution in [0.2, 0.25) is 0 Å². The molecule has 1 aliphatic rings. The van der Waals surface area contributed by atoms with Gasteiger partial charge in [0.05, 0.1) is 25.3 Å². The Labute approximate surface area is 234 Å². The summed E-state index contributed by atoms with van der Waals surface area (Å²) in [5.74, 6) is 2.79. The molecule has 0 N–H and O–H groups in total. The molecule has 0 saturated heterocycles. The predicted octanol–water partition coefficient (Wildman–Crippen LogP) is 6.80. The second-order valence-electron chi connectivity index (χ2n) is 9.90. The molecule has 0 amide bonds. The number of hydrogen-bond acceptors (Lipinski definition) is 7. The summed E-state index contributed by atoms with van der Waals surface area (Å²) in [5.41, 5.74) is 5.07. The van der Waals surface area contributed by atoms with Gasteiger partial charge in [-0.2, -0.15) is 0 Å². The molecule has 198 valence electrons. The quantitative estimate of drug-likeness (QED) is 0.244. The van der Waals surface area contributed by atoms with Crippen molar-refractivity contribution in [3.8, 4) is 34.6 Å². The van der Waals surface area contributed by atoms with Crippen LogP contribution in [0.5, 0.6) is 23.1 Å². The monoisotopic (exact) mass is 537 g/mol. The van der Waals surface area contributed by atoms with Crippen LogP contribution in [0, 0.1) is 0 Å². The zero-order valence-corrected chi connectivity index (χ0v) is 22.3. The minimum atomic E-state index is -0.266. The first-order valence-corrected chi connectivity index (χ1v) is 13.2. The minimum Gasteiger partial charge on any atom is -0.493 e. The van der Waals surface area contributed by atoms with E-state index >= 15 is 0 Å². The molecule has 4 aromatic carbocycles. The maximum Gasteiger partial charge on any atom is 0.228 e. The number of rotatable bonds is 4. The molecule has 3 aromatic heterocycles. The van der Waals surface area contributed by atoms with Crippen molar-refractivity contribution in [2.45, 2.75) is 5.92 Å². The highest BCUT2D eigenvalue weighted by Crippen LogP contribution is 2.51. The van der Waals surface area contributed by atoms with Gasteiger partial charge in [0.2, 0.25) is 11.7 Å². The Morgan fingerprint density at radius 3 is 2.44 bits per heavy atom. The van der Waals surface area contributed by atoms with E-state index in [2.05, 4.69) is 24.3 Å². The number of methoxy groups -OCH3 is 2. The van der Waals surface area contributed by atoms with Gasteiger partial charge in [-0.15, -0.1) is 5.10 Å². The van der Waals surface area contributed by atoms with E-state index in [4.69, 9.17) is 34.3 Å². The molecule has 7 aromatic rings. The summed E-state index contributed by atoms with van der Waals surface area (Å²) in [6, 6.07) is 30.4. The number of hydrogen-bond donors (Lipinski definition) is 0. The molecule has 0 radical (unpaired) electrons. The van der Waals surface area contributed by atoms with Crippen LogP contribution >= 0.6 is 0 Å². The van der Waals surface area contributed by atoms with Crippen LogP contribution in [0.3, 0.4) is 0 Å². The average molecular weight is 538 g/mol. The fourth-order valence-electron chi connectivity index (χ4n) is 5.77. The van der Waals surface area contributed by atoms with Crippen molar-refractivity contribution < 1.29 is 14.2 Å². The third-order valence-corrected chi connectivity index (χ3v) is 7.67. The average Bonchev–Trinajstić information content (AvgIpc) is 3.48. The smallest absolute Gasteiger partial charge is 0.228 e. The number of aromatic nitrogens is 5. The first-order valence-electron chi connectivity index (χ1n) is 13.2. The van der Waals surface area contributed by atoms with Gasteiger partial charge in [-0.25, -0.2) is 19.5 Å². The van der Waals surface area contributed by atoms with Gasteiger partial charge < -0.3 is 14.2 Å². The normalized spacial score (nSPS) is 14.0. The lowest BCUT2D eigenvalue weighted by Crippen LogP contribution is -2.15. The summed E-state index contributed by atoms with van der Waals surface area (Å²) in [6.07, 6.45) is 1.64. The fourth-order valence-corrected chi connectivity index (χ4v) is 5.77. The van der Waals surface area contributed by atoms with Gasteiger partial charge >= 0.3 is 0 Å². The third kappa shape index (κ3) is 3.61. The molecule has 1 atom stereocenters. The molecule has 0 unspecified atom stereocenters. The van der Waals surface area contributed by atoms with Gasteiger partial charge in [0.15, 0.2) is 17.1 Å². The lowest BCUT2D eigenvalue weighted by atomic mass is 9.81. The Morgan fingerprint density at radius 1 is 0.756 bits per heavy atom. The first-order chi connectivity index (χ1) is 20.2. The van der Waals surface area contributed by atoms with E-state index in [9.17, 15) is 0 Å². The molecule has 41 heavy (non-hydrogen) atoms. The lowest BCUT2D eigenvalue weighted by molar-refractivity contribution is 0.354. The first kappa shape index (κ1) is 23.4. The number of para-hydroxylation sites is 1. The third-order valence-electron chi connectivity index (χ3n) is 7.67. The van der Waals surface area contributed by atoms with E-state index in [1.54, 1.807) is 25.1 Å². The Hall–Kier alpha value is -5.50. The molecule has 8 heteroatoms. The number of benzene rings is 4. The van der Waals surface area contributed by atoms with E-state index in [1.807, 2.05) is 66.7 Å². The highest BCUT2D eigenvalue weighted by Gasteiger charge is 2.35. The molecule has 8 rings (SSSR count). The molecule has 4 heterocycles. The fraction of sp³-hybridized carbons (Fsp3) is 0.0909. The van der Waals surface area contributed by atoms with Crippen LogP contribution < -0.4 is 14.2 Å². The Bertz CT molecular complexity index is 2140. The van der Waals surface area contributed by atoms with Crippen molar-refractivity contribution in [2.75, 3.05) is 14.2 Å². The van der Waals surface area contributed by atoms with E-state index < -0.39 is 0 Å². The number of nitrogens with zero attached hydrogens (tertiary/aromatic N) is 5. The second-order valence-corrected chi connectivity index (χ2v) is 9.90. The summed E-state index contributed by atoms with van der Waals surface area (Å²) < 4.78 is 19.4. The molecular formula is C33H23N5O3. The molecule has 0 aliphatic carbocycles. The zero-order chi connectivity index (χ0) is 27.5. The minimum absolute atomic E-state index is 0.266. The van der Waals surface area contributed by atoms with Crippen molar-refractivity contribution in [3.63, 3.8) is 0 Å². The highest BCUT2D eigenvalue weighted by molar-refractivity contribution is 5.91. The van der Waals surface area contributed by atoms with Gasteiger partial charge in [-0.1, -0.05) is 60.7 Å². The maximum atomic E-state index is 6.46. The zero-order valence-electron chi connectivity index (χ0n) is 22.3. The highest BCUT2D eigenvalue weighted by atomic mass is 16.5. The Balaban J connectivity index is 1.40. The van der Waals surface area contributed by atoms with Crippen LogP contribution in [0.25, 0.3) is 38.8 Å². The Kier molecular flexibility index (Phi) is 5.15. The second kappa shape index (κ2) is 9.02. The van der Waals surface area contributed by atoms with E-state index in [-0.39, 0.29) is 5.92 Å². The summed E-state index contributed by atoms with van der Waals surface area (Å²) >= 11 is 0. The largest absolute Gasteiger partial charge is 0.493 e. The molecule has 8 nitrogen and oxygen atoms in total. The number of ether oxygens (including phenoxy) is 3. The molecule has 0 spiro atoms. The molecular weight excluding hydrogens is 514 g/mol. The molecule has 0 fully saturated rings. The van der Waals surface area contributed by atoms with E-state index in [0.29, 0.717) is 34.5 Å². The van der Waals surface area contributed by atoms with Gasteiger partial charge in [-0.05, 0) is 46.7 Å².